The first kappa shape index (κ1) is 17.2. The Hall–Kier alpha value is -0.840. The molecule has 1 aromatic heterocycles. The Balaban J connectivity index is 2.93. The van der Waals surface area contributed by atoms with Crippen LogP contribution in [0.5, 0.6) is 0 Å². The second-order valence-corrected chi connectivity index (χ2v) is 6.23. The molecule has 0 fully saturated rings. The standard InChI is InChI=1S/C14H21Cl2N3O/c1-10(2)9-19(6-5-18(3)4)14(20)11-7-13(16)17-8-12(11)15/h7-8,10H,5-6,9H2,1-4H3. The van der Waals surface area contributed by atoms with E-state index in [2.05, 4.69) is 18.8 Å². The second kappa shape index (κ2) is 7.81. The smallest absolute Gasteiger partial charge is 0.255 e. The molecular formula is C14H21Cl2N3O. The summed E-state index contributed by atoms with van der Waals surface area (Å²) in [6.07, 6.45) is 1.41. The van der Waals surface area contributed by atoms with E-state index in [1.54, 1.807) is 0 Å². The highest BCUT2D eigenvalue weighted by molar-refractivity contribution is 6.35. The van der Waals surface area contributed by atoms with E-state index in [-0.39, 0.29) is 11.1 Å². The van der Waals surface area contributed by atoms with Crippen LogP contribution in [-0.4, -0.2) is 54.4 Å². The molecule has 0 N–H and O–H groups in total. The Morgan fingerprint density at radius 2 is 1.95 bits per heavy atom. The van der Waals surface area contributed by atoms with Gasteiger partial charge in [-0.2, -0.15) is 0 Å². The molecule has 112 valence electrons. The van der Waals surface area contributed by atoms with E-state index in [1.807, 2.05) is 23.9 Å². The van der Waals surface area contributed by atoms with Gasteiger partial charge in [0.05, 0.1) is 10.6 Å². The monoisotopic (exact) mass is 317 g/mol. The predicted molar refractivity (Wildman–Crippen MR) is 83.6 cm³/mol. The van der Waals surface area contributed by atoms with Gasteiger partial charge in [0, 0.05) is 25.8 Å². The maximum Gasteiger partial charge on any atom is 0.255 e. The predicted octanol–water partition coefficient (Wildman–Crippen LogP) is 3.05. The average Bonchev–Trinajstić information content (AvgIpc) is 2.36. The number of carbonyl (C=O) groups excluding carboxylic acids is 1. The van der Waals surface area contributed by atoms with Crippen molar-refractivity contribution >= 4 is 29.1 Å². The lowest BCUT2D eigenvalue weighted by Gasteiger charge is -2.26. The number of halogens is 2. The largest absolute Gasteiger partial charge is 0.337 e. The summed E-state index contributed by atoms with van der Waals surface area (Å²) < 4.78 is 0. The number of amides is 1. The molecule has 1 aromatic rings. The first-order valence-electron chi connectivity index (χ1n) is 6.56. The van der Waals surface area contributed by atoms with Crippen molar-refractivity contribution in [1.82, 2.24) is 14.8 Å². The lowest BCUT2D eigenvalue weighted by molar-refractivity contribution is 0.0724. The van der Waals surface area contributed by atoms with Gasteiger partial charge in [-0.3, -0.25) is 4.79 Å². The van der Waals surface area contributed by atoms with Gasteiger partial charge in [0.25, 0.3) is 5.91 Å². The topological polar surface area (TPSA) is 36.4 Å². The number of carbonyl (C=O) groups is 1. The first-order chi connectivity index (χ1) is 9.31. The van der Waals surface area contributed by atoms with Gasteiger partial charge in [-0.15, -0.1) is 0 Å². The third-order valence-corrected chi connectivity index (χ3v) is 3.25. The number of likely N-dealkylation sites (N-methyl/N-ethyl adjacent to an activating group) is 1. The van der Waals surface area contributed by atoms with Crippen LogP contribution in [0.4, 0.5) is 0 Å². The van der Waals surface area contributed by atoms with Gasteiger partial charge in [-0.25, -0.2) is 4.98 Å². The van der Waals surface area contributed by atoms with Crippen LogP contribution in [0.2, 0.25) is 10.2 Å². The molecule has 4 nitrogen and oxygen atoms in total. The third kappa shape index (κ3) is 5.27. The quantitative estimate of drug-likeness (QED) is 0.757. The highest BCUT2D eigenvalue weighted by Crippen LogP contribution is 2.20. The van der Waals surface area contributed by atoms with Crippen molar-refractivity contribution in [2.45, 2.75) is 13.8 Å². The fourth-order valence-corrected chi connectivity index (χ4v) is 2.13. The molecule has 0 aliphatic rings. The molecule has 0 aromatic carbocycles. The zero-order valence-electron chi connectivity index (χ0n) is 12.4. The molecule has 0 radical (unpaired) electrons. The second-order valence-electron chi connectivity index (χ2n) is 5.44. The molecule has 0 atom stereocenters. The minimum absolute atomic E-state index is 0.102. The minimum atomic E-state index is -0.102. The fourth-order valence-electron chi connectivity index (χ4n) is 1.78. The van der Waals surface area contributed by atoms with E-state index in [0.717, 1.165) is 6.54 Å². The van der Waals surface area contributed by atoms with Crippen molar-refractivity contribution in [3.63, 3.8) is 0 Å². The molecule has 1 heterocycles. The molecule has 20 heavy (non-hydrogen) atoms. The molecule has 1 rings (SSSR count). The van der Waals surface area contributed by atoms with Crippen molar-refractivity contribution in [2.24, 2.45) is 5.92 Å². The molecule has 0 unspecified atom stereocenters. The molecule has 0 saturated heterocycles. The van der Waals surface area contributed by atoms with Crippen LogP contribution in [-0.2, 0) is 0 Å². The van der Waals surface area contributed by atoms with Crippen LogP contribution in [0.15, 0.2) is 12.3 Å². The van der Waals surface area contributed by atoms with Crippen molar-refractivity contribution in [1.29, 1.82) is 0 Å². The van der Waals surface area contributed by atoms with Gasteiger partial charge < -0.3 is 9.80 Å². The summed E-state index contributed by atoms with van der Waals surface area (Å²) in [6.45, 7) is 6.30. The Bertz CT molecular complexity index is 464. The Morgan fingerprint density at radius 1 is 1.30 bits per heavy atom. The Labute approximate surface area is 130 Å². The number of hydrogen-bond acceptors (Lipinski definition) is 3. The van der Waals surface area contributed by atoms with Crippen LogP contribution >= 0.6 is 23.2 Å². The molecule has 6 heteroatoms. The minimum Gasteiger partial charge on any atom is -0.337 e. The van der Waals surface area contributed by atoms with Gasteiger partial charge in [0.1, 0.15) is 5.15 Å². The molecule has 0 aliphatic carbocycles. The van der Waals surface area contributed by atoms with Crippen molar-refractivity contribution in [3.05, 3.63) is 28.0 Å². The molecule has 0 saturated carbocycles. The van der Waals surface area contributed by atoms with Crippen LogP contribution < -0.4 is 0 Å². The molecule has 1 amide bonds. The fraction of sp³-hybridized carbons (Fsp3) is 0.571. The van der Waals surface area contributed by atoms with E-state index >= 15 is 0 Å². The Kier molecular flexibility index (Phi) is 6.72. The average molecular weight is 318 g/mol. The summed E-state index contributed by atoms with van der Waals surface area (Å²) in [6, 6.07) is 1.52. The Morgan fingerprint density at radius 3 is 2.50 bits per heavy atom. The van der Waals surface area contributed by atoms with Gasteiger partial charge >= 0.3 is 0 Å². The van der Waals surface area contributed by atoms with Gasteiger partial charge in [0.2, 0.25) is 0 Å². The number of rotatable bonds is 6. The highest BCUT2D eigenvalue weighted by atomic mass is 35.5. The molecule has 0 aliphatic heterocycles. The maximum absolute atomic E-state index is 12.6. The summed E-state index contributed by atoms with van der Waals surface area (Å²) in [5.41, 5.74) is 0.408. The van der Waals surface area contributed by atoms with Crippen molar-refractivity contribution in [2.75, 3.05) is 33.7 Å². The summed E-state index contributed by atoms with van der Waals surface area (Å²) in [7, 11) is 3.96. The number of hydrogen-bond donors (Lipinski definition) is 0. The van der Waals surface area contributed by atoms with Gasteiger partial charge in [0.15, 0.2) is 0 Å². The summed E-state index contributed by atoms with van der Waals surface area (Å²) in [4.78, 5) is 20.3. The van der Waals surface area contributed by atoms with E-state index in [1.165, 1.54) is 12.3 Å². The van der Waals surface area contributed by atoms with E-state index < -0.39 is 0 Å². The zero-order valence-corrected chi connectivity index (χ0v) is 13.9. The van der Waals surface area contributed by atoms with Crippen LogP contribution in [0.1, 0.15) is 24.2 Å². The van der Waals surface area contributed by atoms with Crippen molar-refractivity contribution < 1.29 is 4.79 Å². The number of aromatic nitrogens is 1. The molecular weight excluding hydrogens is 297 g/mol. The van der Waals surface area contributed by atoms with Crippen molar-refractivity contribution in [3.8, 4) is 0 Å². The summed E-state index contributed by atoms with van der Waals surface area (Å²) in [5, 5.41) is 0.605. The first-order valence-corrected chi connectivity index (χ1v) is 7.32. The highest BCUT2D eigenvalue weighted by Gasteiger charge is 2.20. The van der Waals surface area contributed by atoms with Crippen LogP contribution in [0.25, 0.3) is 0 Å². The van der Waals surface area contributed by atoms with Crippen LogP contribution in [0.3, 0.4) is 0 Å². The van der Waals surface area contributed by atoms with E-state index in [4.69, 9.17) is 23.2 Å². The van der Waals surface area contributed by atoms with E-state index in [0.29, 0.717) is 29.6 Å². The summed E-state index contributed by atoms with van der Waals surface area (Å²) in [5.74, 6) is 0.284. The SMILES string of the molecule is CC(C)CN(CCN(C)C)C(=O)c1cc(Cl)ncc1Cl. The third-order valence-electron chi connectivity index (χ3n) is 2.74. The molecule has 0 spiro atoms. The van der Waals surface area contributed by atoms with Crippen LogP contribution in [0, 0.1) is 5.92 Å². The van der Waals surface area contributed by atoms with Gasteiger partial charge in [-0.1, -0.05) is 37.0 Å². The normalized spacial score (nSPS) is 11.2. The van der Waals surface area contributed by atoms with Gasteiger partial charge in [-0.05, 0) is 26.1 Å². The lowest BCUT2D eigenvalue weighted by atomic mass is 10.1. The number of nitrogens with zero attached hydrogens (tertiary/aromatic N) is 3. The van der Waals surface area contributed by atoms with E-state index in [9.17, 15) is 4.79 Å². The zero-order chi connectivity index (χ0) is 15.3. The summed E-state index contributed by atoms with van der Waals surface area (Å²) >= 11 is 11.9. The number of pyridine rings is 1. The molecule has 0 bridgehead atoms. The maximum atomic E-state index is 12.6. The lowest BCUT2D eigenvalue weighted by Crippen LogP contribution is -2.39.